The third-order valence-electron chi connectivity index (χ3n) is 6.09. The maximum Gasteiger partial charge on any atom is 0.123 e. The highest BCUT2D eigenvalue weighted by molar-refractivity contribution is 5.26. The van der Waals surface area contributed by atoms with Gasteiger partial charge in [-0.3, -0.25) is 4.90 Å². The Labute approximate surface area is 149 Å². The molecule has 0 aliphatic carbocycles. The van der Waals surface area contributed by atoms with Crippen LogP contribution in [0.15, 0.2) is 54.6 Å². The fourth-order valence-corrected chi connectivity index (χ4v) is 5.04. The van der Waals surface area contributed by atoms with Crippen LogP contribution in [0.3, 0.4) is 0 Å². The zero-order chi connectivity index (χ0) is 17.4. The van der Waals surface area contributed by atoms with E-state index in [4.69, 9.17) is 0 Å². The summed E-state index contributed by atoms with van der Waals surface area (Å²) in [6, 6.07) is 18.3. The molecule has 0 spiro atoms. The van der Waals surface area contributed by atoms with Crippen molar-refractivity contribution in [1.29, 1.82) is 0 Å². The van der Waals surface area contributed by atoms with Crippen molar-refractivity contribution >= 4 is 0 Å². The van der Waals surface area contributed by atoms with Crippen LogP contribution < -0.4 is 0 Å². The largest absolute Gasteiger partial charge is 0.385 e. The Kier molecular flexibility index (Phi) is 4.38. The third-order valence-corrected chi connectivity index (χ3v) is 6.09. The highest BCUT2D eigenvalue weighted by Gasteiger charge is 2.49. The third kappa shape index (κ3) is 3.23. The van der Waals surface area contributed by atoms with Crippen molar-refractivity contribution in [3.63, 3.8) is 0 Å². The minimum absolute atomic E-state index is 0.246. The van der Waals surface area contributed by atoms with Crippen molar-refractivity contribution in [3.8, 4) is 0 Å². The van der Waals surface area contributed by atoms with E-state index in [0.717, 1.165) is 37.7 Å². The molecule has 0 radical (unpaired) electrons. The molecule has 0 saturated carbocycles. The van der Waals surface area contributed by atoms with Crippen molar-refractivity contribution in [2.75, 3.05) is 0 Å². The van der Waals surface area contributed by atoms with Gasteiger partial charge in [0.15, 0.2) is 0 Å². The van der Waals surface area contributed by atoms with Crippen LogP contribution in [0, 0.1) is 5.82 Å². The van der Waals surface area contributed by atoms with Crippen molar-refractivity contribution in [1.82, 2.24) is 4.90 Å². The molecule has 3 heteroatoms. The van der Waals surface area contributed by atoms with E-state index in [2.05, 4.69) is 42.2 Å². The molecule has 0 amide bonds. The first kappa shape index (κ1) is 16.7. The molecular weight excluding hydrogens is 313 g/mol. The van der Waals surface area contributed by atoms with Gasteiger partial charge in [-0.25, -0.2) is 4.39 Å². The lowest BCUT2D eigenvalue weighted by Crippen LogP contribution is -2.53. The van der Waals surface area contributed by atoms with E-state index in [1.165, 1.54) is 17.7 Å². The van der Waals surface area contributed by atoms with Crippen LogP contribution in [0.5, 0.6) is 0 Å². The lowest BCUT2D eigenvalue weighted by Gasteiger charge is -2.46. The second kappa shape index (κ2) is 6.54. The van der Waals surface area contributed by atoms with E-state index >= 15 is 0 Å². The van der Waals surface area contributed by atoms with Gasteiger partial charge in [-0.1, -0.05) is 42.5 Å². The fourth-order valence-electron chi connectivity index (χ4n) is 5.04. The van der Waals surface area contributed by atoms with Crippen LogP contribution in [0.2, 0.25) is 0 Å². The summed E-state index contributed by atoms with van der Waals surface area (Å²) in [5.41, 5.74) is 1.41. The highest BCUT2D eigenvalue weighted by Crippen LogP contribution is 2.46. The van der Waals surface area contributed by atoms with E-state index in [1.807, 2.05) is 0 Å². The lowest BCUT2D eigenvalue weighted by atomic mass is 9.79. The van der Waals surface area contributed by atoms with Gasteiger partial charge < -0.3 is 5.11 Å². The number of nitrogens with zero attached hydrogens (tertiary/aromatic N) is 1. The summed E-state index contributed by atoms with van der Waals surface area (Å²) in [5.74, 6) is -0.246. The lowest BCUT2D eigenvalue weighted by molar-refractivity contribution is -0.0675. The smallest absolute Gasteiger partial charge is 0.123 e. The predicted molar refractivity (Wildman–Crippen MR) is 97.8 cm³/mol. The normalized spacial score (nSPS) is 30.4. The fraction of sp³-hybridized carbons (Fsp3) is 0.455. The Bertz CT molecular complexity index is 701. The average Bonchev–Trinajstić information content (AvgIpc) is 2.89. The summed E-state index contributed by atoms with van der Waals surface area (Å²) in [6.45, 7) is 2.31. The number of hydrogen-bond donors (Lipinski definition) is 1. The van der Waals surface area contributed by atoms with E-state index in [-0.39, 0.29) is 5.82 Å². The number of hydrogen-bond acceptors (Lipinski definition) is 2. The van der Waals surface area contributed by atoms with Crippen LogP contribution in [0.1, 0.15) is 43.7 Å². The minimum atomic E-state index is -0.817. The van der Waals surface area contributed by atoms with Gasteiger partial charge in [0.2, 0.25) is 0 Å². The summed E-state index contributed by atoms with van der Waals surface area (Å²) in [7, 11) is 0. The van der Waals surface area contributed by atoms with E-state index in [1.54, 1.807) is 12.1 Å². The number of fused-ring (bicyclic) bond motifs is 2. The van der Waals surface area contributed by atoms with E-state index in [9.17, 15) is 9.50 Å². The van der Waals surface area contributed by atoms with E-state index in [0.29, 0.717) is 18.1 Å². The molecule has 1 N–H and O–H groups in total. The van der Waals surface area contributed by atoms with Gasteiger partial charge in [-0.05, 0) is 62.3 Å². The first-order valence-corrected chi connectivity index (χ1v) is 9.35. The van der Waals surface area contributed by atoms with Gasteiger partial charge in [-0.15, -0.1) is 0 Å². The predicted octanol–water partition coefficient (Wildman–Crippen LogP) is 4.27. The molecule has 3 unspecified atom stereocenters. The molecule has 132 valence electrons. The molecule has 2 saturated heterocycles. The Balaban J connectivity index is 1.51. The van der Waals surface area contributed by atoms with Crippen molar-refractivity contribution < 1.29 is 9.50 Å². The summed E-state index contributed by atoms with van der Waals surface area (Å²) in [4.78, 5) is 2.63. The maximum atomic E-state index is 13.2. The number of aliphatic hydroxyl groups is 1. The van der Waals surface area contributed by atoms with Crippen molar-refractivity contribution in [3.05, 3.63) is 71.5 Å². The zero-order valence-electron chi connectivity index (χ0n) is 14.7. The first-order valence-electron chi connectivity index (χ1n) is 9.35. The molecule has 3 atom stereocenters. The van der Waals surface area contributed by atoms with Gasteiger partial charge in [0.1, 0.15) is 5.82 Å². The topological polar surface area (TPSA) is 23.5 Å². The van der Waals surface area contributed by atoms with Crippen LogP contribution in [-0.2, 0) is 12.0 Å². The van der Waals surface area contributed by atoms with Gasteiger partial charge in [0, 0.05) is 18.1 Å². The molecule has 2 aromatic carbocycles. The molecule has 2 aromatic rings. The van der Waals surface area contributed by atoms with Crippen LogP contribution >= 0.6 is 0 Å². The van der Waals surface area contributed by atoms with Crippen molar-refractivity contribution in [2.45, 2.75) is 62.8 Å². The summed E-state index contributed by atoms with van der Waals surface area (Å²) in [6.07, 6.45) is 4.83. The van der Waals surface area contributed by atoms with Crippen LogP contribution in [0.25, 0.3) is 0 Å². The SMILES string of the molecule is CC(Cc1ccccc1)N1C2CCC1CC(O)(c1ccc(F)cc1)C2. The molecule has 2 aliphatic rings. The Hall–Kier alpha value is -1.71. The Morgan fingerprint density at radius 3 is 2.24 bits per heavy atom. The minimum Gasteiger partial charge on any atom is -0.385 e. The highest BCUT2D eigenvalue weighted by atomic mass is 19.1. The molecule has 4 rings (SSSR count). The zero-order valence-corrected chi connectivity index (χ0v) is 14.7. The monoisotopic (exact) mass is 339 g/mol. The van der Waals surface area contributed by atoms with Gasteiger partial charge >= 0.3 is 0 Å². The maximum absolute atomic E-state index is 13.2. The molecular formula is C22H26FNO. The molecule has 2 nitrogen and oxygen atoms in total. The molecule has 2 fully saturated rings. The van der Waals surface area contributed by atoms with E-state index < -0.39 is 5.60 Å². The number of halogens is 1. The molecule has 2 bridgehead atoms. The average molecular weight is 339 g/mol. The Morgan fingerprint density at radius 1 is 1.04 bits per heavy atom. The summed E-state index contributed by atoms with van der Waals surface area (Å²) in [5, 5.41) is 11.3. The standard InChI is InChI=1S/C22H26FNO/c1-16(13-17-5-3-2-4-6-17)24-20-11-12-21(24)15-22(25,14-20)18-7-9-19(23)10-8-18/h2-10,16,20-21,25H,11-15H2,1H3. The molecule has 2 heterocycles. The first-order chi connectivity index (χ1) is 12.0. The molecule has 2 aliphatic heterocycles. The van der Waals surface area contributed by atoms with Crippen LogP contribution in [0.4, 0.5) is 4.39 Å². The second-order valence-electron chi connectivity index (χ2n) is 7.82. The number of rotatable bonds is 4. The summed E-state index contributed by atoms with van der Waals surface area (Å²) >= 11 is 0. The number of piperidine rings is 1. The van der Waals surface area contributed by atoms with Gasteiger partial charge in [0.25, 0.3) is 0 Å². The second-order valence-corrected chi connectivity index (χ2v) is 7.82. The summed E-state index contributed by atoms with van der Waals surface area (Å²) < 4.78 is 13.2. The molecule has 0 aromatic heterocycles. The number of benzene rings is 2. The van der Waals surface area contributed by atoms with Crippen LogP contribution in [-0.4, -0.2) is 28.1 Å². The van der Waals surface area contributed by atoms with Gasteiger partial charge in [-0.2, -0.15) is 0 Å². The molecule has 25 heavy (non-hydrogen) atoms. The van der Waals surface area contributed by atoms with Crippen molar-refractivity contribution in [2.24, 2.45) is 0 Å². The quantitative estimate of drug-likeness (QED) is 0.899. The Morgan fingerprint density at radius 2 is 1.64 bits per heavy atom. The van der Waals surface area contributed by atoms with Gasteiger partial charge in [0.05, 0.1) is 5.60 Å².